The summed E-state index contributed by atoms with van der Waals surface area (Å²) in [6.07, 6.45) is 0. The molecule has 0 saturated heterocycles. The third-order valence-corrected chi connectivity index (χ3v) is 2.54. The number of amides is 1. The fourth-order valence-corrected chi connectivity index (χ4v) is 1.57. The Morgan fingerprint density at radius 2 is 1.76 bits per heavy atom. The Labute approximate surface area is 120 Å². The average molecular weight is 287 g/mol. The Balaban J connectivity index is 1.86. The number of anilines is 1. The molecule has 0 radical (unpaired) electrons. The Hall–Kier alpha value is -3.09. The van der Waals surface area contributed by atoms with Gasteiger partial charge in [-0.15, -0.1) is 0 Å². The summed E-state index contributed by atoms with van der Waals surface area (Å²) in [6, 6.07) is 14.9. The van der Waals surface area contributed by atoms with Gasteiger partial charge in [-0.1, -0.05) is 30.3 Å². The molecule has 2 aromatic carbocycles. The minimum absolute atomic E-state index is 0.0531. The molecule has 0 unspecified atom stereocenters. The predicted octanol–water partition coefficient (Wildman–Crippen LogP) is 2.12. The zero-order valence-electron chi connectivity index (χ0n) is 11.0. The zero-order valence-corrected chi connectivity index (χ0v) is 11.0. The maximum atomic E-state index is 11.6. The molecule has 2 aromatic rings. The SMILES string of the molecule is O=C(COc1ccccc1[N+](=O)[O-])NNc1ccccc1. The number of nitro benzene ring substituents is 1. The summed E-state index contributed by atoms with van der Waals surface area (Å²) in [4.78, 5) is 21.8. The normalized spacial score (nSPS) is 9.71. The second-order valence-electron chi connectivity index (χ2n) is 4.05. The number of nitrogens with zero attached hydrogens (tertiary/aromatic N) is 1. The number of hydrogen-bond donors (Lipinski definition) is 2. The van der Waals surface area contributed by atoms with Gasteiger partial charge < -0.3 is 4.74 Å². The third kappa shape index (κ3) is 4.20. The molecule has 0 aliphatic carbocycles. The lowest BCUT2D eigenvalue weighted by atomic mass is 10.3. The molecule has 7 heteroatoms. The van der Waals surface area contributed by atoms with Crippen LogP contribution in [0.4, 0.5) is 11.4 Å². The summed E-state index contributed by atoms with van der Waals surface area (Å²) in [5, 5.41) is 10.8. The maximum Gasteiger partial charge on any atom is 0.310 e. The quantitative estimate of drug-likeness (QED) is 0.627. The Morgan fingerprint density at radius 3 is 2.48 bits per heavy atom. The molecule has 0 aliphatic heterocycles. The van der Waals surface area contributed by atoms with Crippen LogP contribution in [-0.2, 0) is 4.79 Å². The topological polar surface area (TPSA) is 93.5 Å². The van der Waals surface area contributed by atoms with Gasteiger partial charge in [-0.2, -0.15) is 0 Å². The molecule has 0 bridgehead atoms. The molecule has 0 fully saturated rings. The summed E-state index contributed by atoms with van der Waals surface area (Å²) in [5.41, 5.74) is 5.68. The highest BCUT2D eigenvalue weighted by Gasteiger charge is 2.14. The molecule has 108 valence electrons. The fourth-order valence-electron chi connectivity index (χ4n) is 1.57. The molecule has 0 atom stereocenters. The van der Waals surface area contributed by atoms with E-state index in [0.717, 1.165) is 5.69 Å². The number of ether oxygens (including phenoxy) is 1. The van der Waals surface area contributed by atoms with Gasteiger partial charge in [0.15, 0.2) is 12.4 Å². The predicted molar refractivity (Wildman–Crippen MR) is 76.8 cm³/mol. The van der Waals surface area contributed by atoms with Gasteiger partial charge >= 0.3 is 5.69 Å². The second kappa shape index (κ2) is 6.90. The minimum Gasteiger partial charge on any atom is -0.477 e. The van der Waals surface area contributed by atoms with Crippen molar-refractivity contribution < 1.29 is 14.5 Å². The van der Waals surface area contributed by atoms with Crippen LogP contribution in [0, 0.1) is 10.1 Å². The zero-order chi connectivity index (χ0) is 15.1. The number of carbonyl (C=O) groups excluding carboxylic acids is 1. The van der Waals surface area contributed by atoms with Crippen molar-refractivity contribution in [1.82, 2.24) is 5.43 Å². The Bertz CT molecular complexity index is 631. The standard InChI is InChI=1S/C14H13N3O4/c18-14(16-15-11-6-2-1-3-7-11)10-21-13-9-5-4-8-12(13)17(19)20/h1-9,15H,10H2,(H,16,18). The summed E-state index contributed by atoms with van der Waals surface area (Å²) < 4.78 is 5.15. The van der Waals surface area contributed by atoms with Crippen molar-refractivity contribution in [3.8, 4) is 5.75 Å². The summed E-state index contributed by atoms with van der Waals surface area (Å²) in [6.45, 7) is -0.329. The van der Waals surface area contributed by atoms with Gasteiger partial charge in [-0.05, 0) is 18.2 Å². The van der Waals surface area contributed by atoms with Gasteiger partial charge in [0.25, 0.3) is 5.91 Å². The van der Waals surface area contributed by atoms with E-state index in [1.54, 1.807) is 18.2 Å². The van der Waals surface area contributed by atoms with E-state index in [-0.39, 0.29) is 18.0 Å². The van der Waals surface area contributed by atoms with Crippen LogP contribution in [-0.4, -0.2) is 17.4 Å². The highest BCUT2D eigenvalue weighted by atomic mass is 16.6. The van der Waals surface area contributed by atoms with Gasteiger partial charge in [0, 0.05) is 6.07 Å². The molecule has 0 saturated carbocycles. The van der Waals surface area contributed by atoms with Crippen LogP contribution in [0.1, 0.15) is 0 Å². The van der Waals surface area contributed by atoms with E-state index in [2.05, 4.69) is 10.9 Å². The number of nitrogens with one attached hydrogen (secondary N) is 2. The van der Waals surface area contributed by atoms with E-state index in [4.69, 9.17) is 4.74 Å². The molecule has 1 amide bonds. The van der Waals surface area contributed by atoms with Gasteiger partial charge in [0.2, 0.25) is 0 Å². The molecule has 0 aliphatic rings. The molecule has 0 heterocycles. The van der Waals surface area contributed by atoms with Gasteiger partial charge in [0.05, 0.1) is 10.6 Å². The summed E-state index contributed by atoms with van der Waals surface area (Å²) in [7, 11) is 0. The van der Waals surface area contributed by atoms with Crippen LogP contribution in [0.3, 0.4) is 0 Å². The number of benzene rings is 2. The monoisotopic (exact) mass is 287 g/mol. The first-order valence-corrected chi connectivity index (χ1v) is 6.13. The average Bonchev–Trinajstić information content (AvgIpc) is 2.52. The molecule has 0 aromatic heterocycles. The van der Waals surface area contributed by atoms with E-state index in [1.165, 1.54) is 18.2 Å². The van der Waals surface area contributed by atoms with E-state index < -0.39 is 10.8 Å². The van der Waals surface area contributed by atoms with Crippen molar-refractivity contribution in [3.05, 3.63) is 64.7 Å². The number of hydrazine groups is 1. The highest BCUT2D eigenvalue weighted by Crippen LogP contribution is 2.25. The lowest BCUT2D eigenvalue weighted by Crippen LogP contribution is -2.33. The van der Waals surface area contributed by atoms with Crippen LogP contribution < -0.4 is 15.6 Å². The molecule has 21 heavy (non-hydrogen) atoms. The summed E-state index contributed by atoms with van der Waals surface area (Å²) in [5.74, 6) is -0.394. The minimum atomic E-state index is -0.560. The molecule has 0 spiro atoms. The number of para-hydroxylation sites is 3. The van der Waals surface area contributed by atoms with Crippen LogP contribution >= 0.6 is 0 Å². The van der Waals surface area contributed by atoms with E-state index >= 15 is 0 Å². The lowest BCUT2D eigenvalue weighted by Gasteiger charge is -2.09. The summed E-state index contributed by atoms with van der Waals surface area (Å²) >= 11 is 0. The lowest BCUT2D eigenvalue weighted by molar-refractivity contribution is -0.385. The first kappa shape index (κ1) is 14.3. The molecule has 7 nitrogen and oxygen atoms in total. The Morgan fingerprint density at radius 1 is 1.10 bits per heavy atom. The van der Waals surface area contributed by atoms with Crippen molar-refractivity contribution in [2.75, 3.05) is 12.0 Å². The van der Waals surface area contributed by atoms with Crippen molar-refractivity contribution in [2.24, 2.45) is 0 Å². The highest BCUT2D eigenvalue weighted by molar-refractivity contribution is 5.79. The smallest absolute Gasteiger partial charge is 0.310 e. The third-order valence-electron chi connectivity index (χ3n) is 2.54. The van der Waals surface area contributed by atoms with Crippen LogP contribution in [0.15, 0.2) is 54.6 Å². The maximum absolute atomic E-state index is 11.6. The van der Waals surface area contributed by atoms with Gasteiger partial charge in [0.1, 0.15) is 0 Å². The molecular formula is C14H13N3O4. The van der Waals surface area contributed by atoms with E-state index in [1.807, 2.05) is 18.2 Å². The number of hydrogen-bond acceptors (Lipinski definition) is 5. The largest absolute Gasteiger partial charge is 0.477 e. The van der Waals surface area contributed by atoms with Crippen LogP contribution in [0.5, 0.6) is 5.75 Å². The van der Waals surface area contributed by atoms with Gasteiger partial charge in [-0.3, -0.25) is 25.8 Å². The number of carbonyl (C=O) groups is 1. The molecule has 2 rings (SSSR count). The number of nitro groups is 1. The van der Waals surface area contributed by atoms with Crippen molar-refractivity contribution in [2.45, 2.75) is 0 Å². The van der Waals surface area contributed by atoms with Gasteiger partial charge in [-0.25, -0.2) is 0 Å². The van der Waals surface area contributed by atoms with Crippen molar-refractivity contribution >= 4 is 17.3 Å². The van der Waals surface area contributed by atoms with E-state index in [0.29, 0.717) is 0 Å². The van der Waals surface area contributed by atoms with Crippen molar-refractivity contribution in [3.63, 3.8) is 0 Å². The second-order valence-corrected chi connectivity index (χ2v) is 4.05. The fraction of sp³-hybridized carbons (Fsp3) is 0.0714. The molecule has 2 N–H and O–H groups in total. The van der Waals surface area contributed by atoms with E-state index in [9.17, 15) is 14.9 Å². The Kier molecular flexibility index (Phi) is 4.70. The van der Waals surface area contributed by atoms with Crippen LogP contribution in [0.2, 0.25) is 0 Å². The number of rotatable bonds is 6. The molecular weight excluding hydrogens is 274 g/mol. The first-order chi connectivity index (χ1) is 10.2. The van der Waals surface area contributed by atoms with Crippen molar-refractivity contribution in [1.29, 1.82) is 0 Å². The first-order valence-electron chi connectivity index (χ1n) is 6.13. The van der Waals surface area contributed by atoms with Crippen LogP contribution in [0.25, 0.3) is 0 Å².